The smallest absolute Gasteiger partial charge is 0.416 e. The van der Waals surface area contributed by atoms with Crippen LogP contribution in [0.15, 0.2) is 27.6 Å². The fourth-order valence-corrected chi connectivity index (χ4v) is 3.14. The molecule has 0 heterocycles. The number of halogens is 4. The van der Waals surface area contributed by atoms with Gasteiger partial charge < -0.3 is 5.11 Å². The molecular weight excluding hydrogens is 367 g/mol. The molecule has 1 aromatic carbocycles. The highest BCUT2D eigenvalue weighted by Crippen LogP contribution is 2.33. The van der Waals surface area contributed by atoms with Crippen LogP contribution in [-0.2, 0) is 21.0 Å². The quantitative estimate of drug-likeness (QED) is 0.844. The van der Waals surface area contributed by atoms with E-state index >= 15 is 0 Å². The predicted octanol–water partition coefficient (Wildman–Crippen LogP) is 2.22. The third kappa shape index (κ3) is 4.18. The summed E-state index contributed by atoms with van der Waals surface area (Å²) in [5.74, 6) is -1.44. The lowest BCUT2D eigenvalue weighted by Gasteiger charge is -2.13. The first kappa shape index (κ1) is 16.9. The number of carboxylic acids is 1. The molecule has 112 valence electrons. The number of hydrogen-bond acceptors (Lipinski definition) is 3. The number of hydrogen-bond donors (Lipinski definition) is 2. The molecule has 1 rings (SSSR count). The summed E-state index contributed by atoms with van der Waals surface area (Å²) in [6, 6.07) is 0.640. The molecule has 0 saturated heterocycles. The molecule has 0 unspecified atom stereocenters. The van der Waals surface area contributed by atoms with E-state index in [4.69, 9.17) is 5.11 Å². The monoisotopic (exact) mass is 375 g/mol. The summed E-state index contributed by atoms with van der Waals surface area (Å²) in [6.07, 6.45) is -4.72. The van der Waals surface area contributed by atoms with Gasteiger partial charge in [0.25, 0.3) is 0 Å². The van der Waals surface area contributed by atoms with Gasteiger partial charge in [-0.3, -0.25) is 4.79 Å². The molecule has 0 bridgehead atoms. The summed E-state index contributed by atoms with van der Waals surface area (Å²) in [6.45, 7) is 1.06. The molecule has 1 atom stereocenters. The molecular formula is C10H9BrF3NO4S. The number of sulfonamides is 1. The van der Waals surface area contributed by atoms with Gasteiger partial charge in [0, 0.05) is 4.47 Å². The normalized spacial score (nSPS) is 14.1. The van der Waals surface area contributed by atoms with Crippen LogP contribution < -0.4 is 4.72 Å². The standard InChI is InChI=1S/C10H9BrF3NO4S/c1-5(9(16)17)15-20(18,19)8-3-6(10(12,13)14)2-7(11)4-8/h2-5,15H,1H3,(H,16,17)/t5-/m1/s1. The highest BCUT2D eigenvalue weighted by Gasteiger charge is 2.33. The van der Waals surface area contributed by atoms with Crippen LogP contribution in [0.3, 0.4) is 0 Å². The van der Waals surface area contributed by atoms with Gasteiger partial charge in [-0.05, 0) is 25.1 Å². The molecule has 0 aliphatic heterocycles. The maximum absolute atomic E-state index is 12.6. The lowest BCUT2D eigenvalue weighted by Crippen LogP contribution is -2.38. The minimum Gasteiger partial charge on any atom is -0.480 e. The lowest BCUT2D eigenvalue weighted by molar-refractivity contribution is -0.139. The third-order valence-electron chi connectivity index (χ3n) is 2.21. The molecule has 0 aromatic heterocycles. The van der Waals surface area contributed by atoms with Gasteiger partial charge in [0.1, 0.15) is 6.04 Å². The van der Waals surface area contributed by atoms with E-state index in [1.54, 1.807) is 4.72 Å². The van der Waals surface area contributed by atoms with Gasteiger partial charge in [0.2, 0.25) is 10.0 Å². The van der Waals surface area contributed by atoms with E-state index in [0.717, 1.165) is 19.1 Å². The zero-order valence-corrected chi connectivity index (χ0v) is 12.3. The van der Waals surface area contributed by atoms with Crippen LogP contribution in [-0.4, -0.2) is 25.5 Å². The molecule has 10 heteroatoms. The largest absolute Gasteiger partial charge is 0.480 e. The summed E-state index contributed by atoms with van der Waals surface area (Å²) in [5, 5.41) is 8.61. The molecule has 0 spiro atoms. The number of carboxylic acid groups (broad SMARTS) is 1. The Morgan fingerprint density at radius 2 is 1.90 bits per heavy atom. The van der Waals surface area contributed by atoms with E-state index < -0.39 is 38.7 Å². The topological polar surface area (TPSA) is 83.5 Å². The highest BCUT2D eigenvalue weighted by molar-refractivity contribution is 9.10. The Hall–Kier alpha value is -1.13. The maximum Gasteiger partial charge on any atom is 0.416 e. The van der Waals surface area contributed by atoms with Crippen LogP contribution in [0.5, 0.6) is 0 Å². The fraction of sp³-hybridized carbons (Fsp3) is 0.300. The second-order valence-electron chi connectivity index (χ2n) is 3.85. The molecule has 0 aliphatic carbocycles. The van der Waals surface area contributed by atoms with Crippen molar-refractivity contribution < 1.29 is 31.5 Å². The Kier molecular flexibility index (Phi) is 4.82. The number of carbonyl (C=O) groups is 1. The number of nitrogens with one attached hydrogen (secondary N) is 1. The molecule has 1 aromatic rings. The first-order valence-electron chi connectivity index (χ1n) is 5.06. The van der Waals surface area contributed by atoms with E-state index in [0.29, 0.717) is 6.07 Å². The van der Waals surface area contributed by atoms with Gasteiger partial charge in [-0.25, -0.2) is 8.42 Å². The number of rotatable bonds is 4. The Morgan fingerprint density at radius 3 is 2.35 bits per heavy atom. The van der Waals surface area contributed by atoms with Crippen molar-refractivity contribution in [1.29, 1.82) is 0 Å². The average Bonchev–Trinajstić information content (AvgIpc) is 2.26. The summed E-state index contributed by atoms with van der Waals surface area (Å²) in [5.41, 5.74) is -1.16. The van der Waals surface area contributed by atoms with Crippen molar-refractivity contribution in [2.75, 3.05) is 0 Å². The van der Waals surface area contributed by atoms with Crippen molar-refractivity contribution in [1.82, 2.24) is 4.72 Å². The summed E-state index contributed by atoms with van der Waals surface area (Å²) in [7, 11) is -4.37. The average molecular weight is 376 g/mol. The molecule has 0 radical (unpaired) electrons. The second-order valence-corrected chi connectivity index (χ2v) is 6.48. The Balaban J connectivity index is 3.26. The Morgan fingerprint density at radius 1 is 1.35 bits per heavy atom. The number of benzene rings is 1. The van der Waals surface area contributed by atoms with Crippen LogP contribution >= 0.6 is 15.9 Å². The van der Waals surface area contributed by atoms with E-state index in [2.05, 4.69) is 15.9 Å². The van der Waals surface area contributed by atoms with Gasteiger partial charge in [0.05, 0.1) is 10.5 Å². The van der Waals surface area contributed by atoms with Crippen molar-refractivity contribution in [2.45, 2.75) is 24.0 Å². The van der Waals surface area contributed by atoms with Crippen molar-refractivity contribution in [3.8, 4) is 0 Å². The zero-order chi connectivity index (χ0) is 15.7. The SMILES string of the molecule is C[C@@H](NS(=O)(=O)c1cc(Br)cc(C(F)(F)F)c1)C(=O)O. The molecule has 0 aliphatic rings. The van der Waals surface area contributed by atoms with Gasteiger partial charge in [-0.15, -0.1) is 0 Å². The third-order valence-corrected chi connectivity index (χ3v) is 4.19. The minimum atomic E-state index is -4.72. The Bertz CT molecular complexity index is 630. The number of alkyl halides is 3. The molecule has 0 amide bonds. The van der Waals surface area contributed by atoms with Crippen LogP contribution in [0.4, 0.5) is 13.2 Å². The van der Waals surface area contributed by atoms with Gasteiger partial charge in [-0.2, -0.15) is 17.9 Å². The molecule has 20 heavy (non-hydrogen) atoms. The van der Waals surface area contributed by atoms with Crippen LogP contribution in [0.2, 0.25) is 0 Å². The van der Waals surface area contributed by atoms with Crippen molar-refractivity contribution >= 4 is 31.9 Å². The zero-order valence-electron chi connectivity index (χ0n) is 9.90. The second kappa shape index (κ2) is 5.70. The first-order chi connectivity index (χ1) is 8.93. The van der Waals surface area contributed by atoms with Crippen LogP contribution in [0, 0.1) is 0 Å². The number of aliphatic carboxylic acids is 1. The van der Waals surface area contributed by atoms with E-state index in [1.165, 1.54) is 0 Å². The Labute approximate surface area is 121 Å². The molecule has 2 N–H and O–H groups in total. The maximum atomic E-state index is 12.6. The predicted molar refractivity (Wildman–Crippen MR) is 66.6 cm³/mol. The fourth-order valence-electron chi connectivity index (χ4n) is 1.23. The van der Waals surface area contributed by atoms with Gasteiger partial charge in [-0.1, -0.05) is 15.9 Å². The van der Waals surface area contributed by atoms with Gasteiger partial charge >= 0.3 is 12.1 Å². The van der Waals surface area contributed by atoms with Gasteiger partial charge in [0.15, 0.2) is 0 Å². The molecule has 0 fully saturated rings. The summed E-state index contributed by atoms with van der Waals surface area (Å²) < 4.78 is 63.1. The van der Waals surface area contributed by atoms with Crippen molar-refractivity contribution in [2.24, 2.45) is 0 Å². The minimum absolute atomic E-state index is 0.0873. The van der Waals surface area contributed by atoms with E-state index in [1.807, 2.05) is 0 Å². The first-order valence-corrected chi connectivity index (χ1v) is 7.34. The van der Waals surface area contributed by atoms with E-state index in [-0.39, 0.29) is 4.47 Å². The van der Waals surface area contributed by atoms with E-state index in [9.17, 15) is 26.4 Å². The van der Waals surface area contributed by atoms with Crippen molar-refractivity contribution in [3.05, 3.63) is 28.2 Å². The molecule has 5 nitrogen and oxygen atoms in total. The lowest BCUT2D eigenvalue weighted by atomic mass is 10.2. The highest BCUT2D eigenvalue weighted by atomic mass is 79.9. The molecule has 0 saturated carbocycles. The van der Waals surface area contributed by atoms with Crippen LogP contribution in [0.1, 0.15) is 12.5 Å². The van der Waals surface area contributed by atoms with Crippen LogP contribution in [0.25, 0.3) is 0 Å². The summed E-state index contributed by atoms with van der Waals surface area (Å²) in [4.78, 5) is 9.91. The van der Waals surface area contributed by atoms with Crippen molar-refractivity contribution in [3.63, 3.8) is 0 Å². The summed E-state index contributed by atoms with van der Waals surface area (Å²) >= 11 is 2.78.